The summed E-state index contributed by atoms with van der Waals surface area (Å²) in [4.78, 5) is 15.0. The van der Waals surface area contributed by atoms with Crippen LogP contribution < -0.4 is 5.73 Å². The fourth-order valence-electron chi connectivity index (χ4n) is 3.45. The molecule has 0 saturated heterocycles. The Morgan fingerprint density at radius 3 is 2.36 bits per heavy atom. The van der Waals surface area contributed by atoms with E-state index in [0.717, 1.165) is 36.1 Å². The fraction of sp³-hybridized carbons (Fsp3) is 0.286. The standard InChI is InChI=1S/C21H21F3N2O2/c1-12-5-10-16(20(27)28)17-15(4-2-3-11-25)19(26-18(12)17)13-6-8-14(9-7-13)21(22,23)24/h5-10,26H,2-4,11,25H2,1H3,(H,27,28). The van der Waals surface area contributed by atoms with Crippen LogP contribution >= 0.6 is 0 Å². The molecule has 7 heteroatoms. The molecule has 0 saturated carbocycles. The van der Waals surface area contributed by atoms with Crippen LogP contribution in [0.25, 0.3) is 22.2 Å². The number of unbranched alkanes of at least 4 members (excludes halogenated alkanes) is 1. The van der Waals surface area contributed by atoms with Gasteiger partial charge in [-0.1, -0.05) is 18.2 Å². The average molecular weight is 390 g/mol. The van der Waals surface area contributed by atoms with Gasteiger partial charge < -0.3 is 15.8 Å². The number of carboxylic acids is 1. The molecule has 0 aliphatic heterocycles. The average Bonchev–Trinajstić information content (AvgIpc) is 3.02. The van der Waals surface area contributed by atoms with E-state index in [1.807, 2.05) is 6.92 Å². The predicted octanol–water partition coefficient (Wildman–Crippen LogP) is 5.14. The number of H-pyrrole nitrogens is 1. The zero-order valence-corrected chi connectivity index (χ0v) is 15.4. The van der Waals surface area contributed by atoms with E-state index in [9.17, 15) is 23.1 Å². The van der Waals surface area contributed by atoms with E-state index in [4.69, 9.17) is 5.73 Å². The molecule has 2 aromatic carbocycles. The van der Waals surface area contributed by atoms with E-state index >= 15 is 0 Å². The highest BCUT2D eigenvalue weighted by molar-refractivity contribution is 6.07. The van der Waals surface area contributed by atoms with Crippen LogP contribution in [0.2, 0.25) is 0 Å². The van der Waals surface area contributed by atoms with E-state index in [-0.39, 0.29) is 5.56 Å². The molecule has 0 bridgehead atoms. The zero-order valence-electron chi connectivity index (χ0n) is 15.4. The molecule has 3 aromatic rings. The van der Waals surface area contributed by atoms with Crippen LogP contribution in [0.3, 0.4) is 0 Å². The van der Waals surface area contributed by atoms with Crippen LogP contribution in [0.15, 0.2) is 36.4 Å². The summed E-state index contributed by atoms with van der Waals surface area (Å²) in [6, 6.07) is 8.19. The van der Waals surface area contributed by atoms with E-state index in [1.165, 1.54) is 12.1 Å². The van der Waals surface area contributed by atoms with Crippen molar-refractivity contribution in [3.63, 3.8) is 0 Å². The number of nitrogens with one attached hydrogen (secondary N) is 1. The lowest BCUT2D eigenvalue weighted by atomic mass is 9.96. The first-order chi connectivity index (χ1) is 13.2. The van der Waals surface area contributed by atoms with Crippen molar-refractivity contribution < 1.29 is 23.1 Å². The number of aromatic amines is 1. The Morgan fingerprint density at radius 1 is 1.11 bits per heavy atom. The van der Waals surface area contributed by atoms with Gasteiger partial charge in [0.2, 0.25) is 0 Å². The largest absolute Gasteiger partial charge is 0.478 e. The van der Waals surface area contributed by atoms with Crippen molar-refractivity contribution in [3.05, 3.63) is 58.7 Å². The molecule has 0 aliphatic carbocycles. The maximum absolute atomic E-state index is 12.9. The van der Waals surface area contributed by atoms with E-state index in [0.29, 0.717) is 35.1 Å². The number of aromatic nitrogens is 1. The van der Waals surface area contributed by atoms with Crippen molar-refractivity contribution >= 4 is 16.9 Å². The van der Waals surface area contributed by atoms with Gasteiger partial charge in [0.15, 0.2) is 0 Å². The number of hydrogen-bond acceptors (Lipinski definition) is 2. The number of aryl methyl sites for hydroxylation is 2. The zero-order chi connectivity index (χ0) is 20.5. The highest BCUT2D eigenvalue weighted by Gasteiger charge is 2.30. The molecule has 1 aromatic heterocycles. The van der Waals surface area contributed by atoms with Gasteiger partial charge in [-0.3, -0.25) is 0 Å². The molecule has 3 rings (SSSR count). The number of carbonyl (C=O) groups is 1. The summed E-state index contributed by atoms with van der Waals surface area (Å²) in [5.41, 5.74) is 8.63. The molecule has 28 heavy (non-hydrogen) atoms. The summed E-state index contributed by atoms with van der Waals surface area (Å²) < 4.78 is 38.7. The first kappa shape index (κ1) is 19.9. The van der Waals surface area contributed by atoms with E-state index < -0.39 is 17.7 Å². The number of benzene rings is 2. The molecule has 0 radical (unpaired) electrons. The Labute approximate surface area is 160 Å². The van der Waals surface area contributed by atoms with Crippen molar-refractivity contribution in [2.45, 2.75) is 32.4 Å². The third-order valence-electron chi connectivity index (χ3n) is 4.88. The van der Waals surface area contributed by atoms with Gasteiger partial charge in [0.05, 0.1) is 11.1 Å². The van der Waals surface area contributed by atoms with Crippen LogP contribution in [-0.4, -0.2) is 22.6 Å². The number of aromatic carboxylic acids is 1. The summed E-state index contributed by atoms with van der Waals surface area (Å²) in [6.45, 7) is 2.38. The number of halogens is 3. The minimum Gasteiger partial charge on any atom is -0.478 e. The summed E-state index contributed by atoms with van der Waals surface area (Å²) in [5.74, 6) is -1.04. The smallest absolute Gasteiger partial charge is 0.416 e. The highest BCUT2D eigenvalue weighted by Crippen LogP contribution is 2.37. The van der Waals surface area contributed by atoms with Gasteiger partial charge in [0.1, 0.15) is 0 Å². The fourth-order valence-corrected chi connectivity index (χ4v) is 3.45. The molecule has 0 atom stereocenters. The van der Waals surface area contributed by atoms with Gasteiger partial charge >= 0.3 is 12.1 Å². The molecule has 148 valence electrons. The van der Waals surface area contributed by atoms with E-state index in [2.05, 4.69) is 4.98 Å². The van der Waals surface area contributed by atoms with Gasteiger partial charge in [-0.15, -0.1) is 0 Å². The van der Waals surface area contributed by atoms with Crippen molar-refractivity contribution in [2.75, 3.05) is 6.54 Å². The van der Waals surface area contributed by atoms with Gasteiger partial charge in [0.25, 0.3) is 0 Å². The van der Waals surface area contributed by atoms with Crippen LogP contribution in [0, 0.1) is 6.92 Å². The highest BCUT2D eigenvalue weighted by atomic mass is 19.4. The van der Waals surface area contributed by atoms with Gasteiger partial charge in [-0.2, -0.15) is 13.2 Å². The first-order valence-corrected chi connectivity index (χ1v) is 8.99. The van der Waals surface area contributed by atoms with Gasteiger partial charge in [0, 0.05) is 16.6 Å². The number of carboxylic acid groups (broad SMARTS) is 1. The molecule has 0 aliphatic rings. The molecule has 0 amide bonds. The lowest BCUT2D eigenvalue weighted by molar-refractivity contribution is -0.137. The van der Waals surface area contributed by atoms with Crippen molar-refractivity contribution in [3.8, 4) is 11.3 Å². The normalized spacial score (nSPS) is 11.9. The second kappa shape index (κ2) is 7.67. The third-order valence-corrected chi connectivity index (χ3v) is 4.88. The number of fused-ring (bicyclic) bond motifs is 1. The Balaban J connectivity index is 2.21. The third kappa shape index (κ3) is 3.75. The molecule has 0 fully saturated rings. The van der Waals surface area contributed by atoms with Gasteiger partial charge in [-0.05, 0) is 67.6 Å². The molecule has 4 N–H and O–H groups in total. The molecule has 0 unspecified atom stereocenters. The van der Waals surface area contributed by atoms with Crippen LogP contribution in [-0.2, 0) is 12.6 Å². The second-order valence-corrected chi connectivity index (χ2v) is 6.78. The molecular weight excluding hydrogens is 369 g/mol. The van der Waals surface area contributed by atoms with Crippen LogP contribution in [0.1, 0.15) is 39.9 Å². The summed E-state index contributed by atoms with van der Waals surface area (Å²) >= 11 is 0. The molecule has 4 nitrogen and oxygen atoms in total. The van der Waals surface area contributed by atoms with Crippen LogP contribution in [0.5, 0.6) is 0 Å². The Kier molecular flexibility index (Phi) is 5.47. The minimum atomic E-state index is -4.41. The monoisotopic (exact) mass is 390 g/mol. The summed E-state index contributed by atoms with van der Waals surface area (Å²) in [7, 11) is 0. The van der Waals surface area contributed by atoms with Crippen molar-refractivity contribution in [1.82, 2.24) is 4.98 Å². The summed E-state index contributed by atoms with van der Waals surface area (Å²) in [5, 5.41) is 10.2. The number of nitrogens with two attached hydrogens (primary N) is 1. The van der Waals surface area contributed by atoms with E-state index in [1.54, 1.807) is 12.1 Å². The topological polar surface area (TPSA) is 79.1 Å². The quantitative estimate of drug-likeness (QED) is 0.510. The number of hydrogen-bond donors (Lipinski definition) is 3. The number of rotatable bonds is 6. The van der Waals surface area contributed by atoms with Crippen molar-refractivity contribution in [1.29, 1.82) is 0 Å². The lowest BCUT2D eigenvalue weighted by Crippen LogP contribution is -2.04. The lowest BCUT2D eigenvalue weighted by Gasteiger charge is -2.09. The minimum absolute atomic E-state index is 0.178. The molecule has 0 spiro atoms. The Morgan fingerprint density at radius 2 is 1.79 bits per heavy atom. The van der Waals surface area contributed by atoms with Gasteiger partial charge in [-0.25, -0.2) is 4.79 Å². The summed E-state index contributed by atoms with van der Waals surface area (Å²) in [6.07, 6.45) is -2.30. The Hall–Kier alpha value is -2.80. The van der Waals surface area contributed by atoms with Crippen LogP contribution in [0.4, 0.5) is 13.2 Å². The first-order valence-electron chi connectivity index (χ1n) is 8.99. The maximum Gasteiger partial charge on any atom is 0.416 e. The molecular formula is C21H21F3N2O2. The van der Waals surface area contributed by atoms with Crippen molar-refractivity contribution in [2.24, 2.45) is 5.73 Å². The number of alkyl halides is 3. The maximum atomic E-state index is 12.9. The molecule has 1 heterocycles. The predicted molar refractivity (Wildman–Crippen MR) is 102 cm³/mol. The second-order valence-electron chi connectivity index (χ2n) is 6.78. The SMILES string of the molecule is Cc1ccc(C(=O)O)c2c(CCCCN)c(-c3ccc(C(F)(F)F)cc3)[nH]c12. The Bertz CT molecular complexity index is 1010.